The van der Waals surface area contributed by atoms with Crippen LogP contribution >= 0.6 is 0 Å². The fourth-order valence-electron chi connectivity index (χ4n) is 2.81. The fourth-order valence-corrected chi connectivity index (χ4v) is 2.81. The van der Waals surface area contributed by atoms with E-state index in [0.29, 0.717) is 5.92 Å². The molecule has 0 aromatic heterocycles. The average molecular weight is 203 g/mol. The van der Waals surface area contributed by atoms with Crippen LogP contribution in [0.4, 0.5) is 0 Å². The zero-order chi connectivity index (χ0) is 10.3. The van der Waals surface area contributed by atoms with Gasteiger partial charge in [0.15, 0.2) is 0 Å². The topological polar surface area (TPSA) is 21.3 Å². The number of ether oxygens (including phenoxy) is 1. The molecule has 1 fully saturated rings. The second-order valence-electron chi connectivity index (χ2n) is 4.70. The molecule has 1 N–H and O–H groups in total. The Labute approximate surface area is 90.6 Å². The summed E-state index contributed by atoms with van der Waals surface area (Å²) in [5.74, 6) is 2.55. The normalized spacial score (nSPS) is 28.9. The standard InChI is InChI=1S/C13H17NO/c1-9-2-3-13-11(6-9)12-8-14-7-10(12)4-5-15-13/h2-3,6,10,12,14H,4-5,7-8H2,1H3/t10?,12-/m0/s1. The Kier molecular flexibility index (Phi) is 2.17. The second kappa shape index (κ2) is 3.53. The largest absolute Gasteiger partial charge is 0.493 e. The van der Waals surface area contributed by atoms with Gasteiger partial charge in [-0.2, -0.15) is 0 Å². The van der Waals surface area contributed by atoms with Gasteiger partial charge < -0.3 is 10.1 Å². The molecule has 2 nitrogen and oxygen atoms in total. The number of hydrogen-bond acceptors (Lipinski definition) is 2. The molecule has 2 heterocycles. The third-order valence-electron chi connectivity index (χ3n) is 3.65. The summed E-state index contributed by atoms with van der Waals surface area (Å²) in [6.07, 6.45) is 1.19. The molecular weight excluding hydrogens is 186 g/mol. The molecule has 3 rings (SSSR count). The molecule has 0 aliphatic carbocycles. The van der Waals surface area contributed by atoms with E-state index in [1.165, 1.54) is 17.5 Å². The summed E-state index contributed by atoms with van der Waals surface area (Å²) in [5, 5.41) is 3.50. The molecule has 1 unspecified atom stereocenters. The van der Waals surface area contributed by atoms with Gasteiger partial charge in [0.05, 0.1) is 6.61 Å². The van der Waals surface area contributed by atoms with Crippen molar-refractivity contribution in [3.8, 4) is 5.75 Å². The van der Waals surface area contributed by atoms with E-state index in [1.807, 2.05) is 0 Å². The van der Waals surface area contributed by atoms with E-state index < -0.39 is 0 Å². The SMILES string of the molecule is Cc1ccc2c(c1)[C@H]1CNCC1CCO2. The number of hydrogen-bond donors (Lipinski definition) is 1. The smallest absolute Gasteiger partial charge is 0.122 e. The van der Waals surface area contributed by atoms with Crippen LogP contribution in [-0.2, 0) is 0 Å². The van der Waals surface area contributed by atoms with Crippen LogP contribution < -0.4 is 10.1 Å². The highest BCUT2D eigenvalue weighted by Crippen LogP contribution is 2.38. The van der Waals surface area contributed by atoms with Crippen molar-refractivity contribution < 1.29 is 4.74 Å². The lowest BCUT2D eigenvalue weighted by Crippen LogP contribution is -2.11. The van der Waals surface area contributed by atoms with Crippen LogP contribution in [0, 0.1) is 12.8 Å². The maximum Gasteiger partial charge on any atom is 0.122 e. The monoisotopic (exact) mass is 203 g/mol. The third-order valence-corrected chi connectivity index (χ3v) is 3.65. The summed E-state index contributed by atoms with van der Waals surface area (Å²) in [4.78, 5) is 0. The van der Waals surface area contributed by atoms with Gasteiger partial charge >= 0.3 is 0 Å². The van der Waals surface area contributed by atoms with E-state index in [4.69, 9.17) is 4.74 Å². The first-order chi connectivity index (χ1) is 7.34. The number of fused-ring (bicyclic) bond motifs is 3. The van der Waals surface area contributed by atoms with Crippen molar-refractivity contribution in [3.63, 3.8) is 0 Å². The molecule has 0 amide bonds. The molecule has 0 saturated carbocycles. The Hall–Kier alpha value is -1.02. The lowest BCUT2D eigenvalue weighted by molar-refractivity contribution is 0.296. The van der Waals surface area contributed by atoms with Gasteiger partial charge in [0.1, 0.15) is 5.75 Å². The molecule has 2 heteroatoms. The molecule has 0 spiro atoms. The van der Waals surface area contributed by atoms with Crippen molar-refractivity contribution in [2.75, 3.05) is 19.7 Å². The molecule has 1 aromatic rings. The molecule has 1 aromatic carbocycles. The number of aryl methyl sites for hydroxylation is 1. The minimum absolute atomic E-state index is 0.669. The summed E-state index contributed by atoms with van der Waals surface area (Å²) in [6, 6.07) is 6.57. The van der Waals surface area contributed by atoms with Crippen LogP contribution in [0.25, 0.3) is 0 Å². The number of benzene rings is 1. The minimum atomic E-state index is 0.669. The summed E-state index contributed by atoms with van der Waals surface area (Å²) in [6.45, 7) is 5.30. The molecule has 15 heavy (non-hydrogen) atoms. The van der Waals surface area contributed by atoms with Gasteiger partial charge in [0.2, 0.25) is 0 Å². The lowest BCUT2D eigenvalue weighted by Gasteiger charge is -2.16. The van der Waals surface area contributed by atoms with Gasteiger partial charge in [-0.1, -0.05) is 17.7 Å². The predicted octanol–water partition coefficient (Wildman–Crippen LogP) is 2.08. The van der Waals surface area contributed by atoms with Crippen LogP contribution in [0.1, 0.15) is 23.5 Å². The van der Waals surface area contributed by atoms with Crippen molar-refractivity contribution in [2.45, 2.75) is 19.3 Å². The molecule has 1 saturated heterocycles. The molecule has 80 valence electrons. The first-order valence-corrected chi connectivity index (χ1v) is 5.78. The second-order valence-corrected chi connectivity index (χ2v) is 4.70. The maximum atomic E-state index is 5.81. The first-order valence-electron chi connectivity index (χ1n) is 5.78. The van der Waals surface area contributed by atoms with E-state index >= 15 is 0 Å². The predicted molar refractivity (Wildman–Crippen MR) is 60.4 cm³/mol. The van der Waals surface area contributed by atoms with Crippen molar-refractivity contribution in [1.29, 1.82) is 0 Å². The summed E-state index contributed by atoms with van der Waals surface area (Å²) >= 11 is 0. The van der Waals surface area contributed by atoms with E-state index in [1.54, 1.807) is 0 Å². The quantitative estimate of drug-likeness (QED) is 0.697. The highest BCUT2D eigenvalue weighted by Gasteiger charge is 2.32. The first kappa shape index (κ1) is 9.22. The Bertz CT molecular complexity index is 375. The van der Waals surface area contributed by atoms with Crippen LogP contribution in [0.5, 0.6) is 5.75 Å². The number of rotatable bonds is 0. The van der Waals surface area contributed by atoms with Gasteiger partial charge in [-0.05, 0) is 37.4 Å². The van der Waals surface area contributed by atoms with Crippen molar-refractivity contribution in [1.82, 2.24) is 5.32 Å². The highest BCUT2D eigenvalue weighted by molar-refractivity contribution is 5.41. The molecule has 0 bridgehead atoms. The zero-order valence-corrected chi connectivity index (χ0v) is 9.12. The summed E-state index contributed by atoms with van der Waals surface area (Å²) in [7, 11) is 0. The lowest BCUT2D eigenvalue weighted by atomic mass is 9.87. The molecule has 2 aliphatic heterocycles. The molecule has 2 atom stereocenters. The van der Waals surface area contributed by atoms with Crippen LogP contribution in [0.2, 0.25) is 0 Å². The van der Waals surface area contributed by atoms with E-state index in [9.17, 15) is 0 Å². The van der Waals surface area contributed by atoms with Crippen LogP contribution in [-0.4, -0.2) is 19.7 Å². The fraction of sp³-hybridized carbons (Fsp3) is 0.538. The molecule has 2 aliphatic rings. The van der Waals surface area contributed by atoms with Gasteiger partial charge in [-0.25, -0.2) is 0 Å². The van der Waals surface area contributed by atoms with Crippen LogP contribution in [0.3, 0.4) is 0 Å². The van der Waals surface area contributed by atoms with E-state index in [-0.39, 0.29) is 0 Å². The van der Waals surface area contributed by atoms with Gasteiger partial charge in [-0.3, -0.25) is 0 Å². The van der Waals surface area contributed by atoms with Crippen molar-refractivity contribution >= 4 is 0 Å². The van der Waals surface area contributed by atoms with Crippen LogP contribution in [0.15, 0.2) is 18.2 Å². The maximum absolute atomic E-state index is 5.81. The Balaban J connectivity index is 2.06. The zero-order valence-electron chi connectivity index (χ0n) is 9.12. The Morgan fingerprint density at radius 1 is 1.33 bits per heavy atom. The van der Waals surface area contributed by atoms with Crippen molar-refractivity contribution in [2.24, 2.45) is 5.92 Å². The van der Waals surface area contributed by atoms with Crippen molar-refractivity contribution in [3.05, 3.63) is 29.3 Å². The van der Waals surface area contributed by atoms with Gasteiger partial charge in [0.25, 0.3) is 0 Å². The summed E-state index contributed by atoms with van der Waals surface area (Å²) in [5.41, 5.74) is 2.76. The Morgan fingerprint density at radius 3 is 3.20 bits per heavy atom. The number of nitrogens with one attached hydrogen (secondary N) is 1. The molecular formula is C13H17NO. The highest BCUT2D eigenvalue weighted by atomic mass is 16.5. The third kappa shape index (κ3) is 1.53. The average Bonchev–Trinajstić information content (AvgIpc) is 2.62. The van der Waals surface area contributed by atoms with Gasteiger partial charge in [0, 0.05) is 12.5 Å². The molecule has 0 radical (unpaired) electrons. The van der Waals surface area contributed by atoms with E-state index in [2.05, 4.69) is 30.4 Å². The van der Waals surface area contributed by atoms with E-state index in [0.717, 1.165) is 31.4 Å². The Morgan fingerprint density at radius 2 is 2.27 bits per heavy atom. The minimum Gasteiger partial charge on any atom is -0.493 e. The summed E-state index contributed by atoms with van der Waals surface area (Å²) < 4.78 is 5.81. The van der Waals surface area contributed by atoms with Gasteiger partial charge in [-0.15, -0.1) is 0 Å².